The molecule has 2 heteroatoms. The molecule has 0 unspecified atom stereocenters. The molecule has 0 amide bonds. The van der Waals surface area contributed by atoms with Crippen LogP contribution >= 0.6 is 0 Å². The van der Waals surface area contributed by atoms with Crippen molar-refractivity contribution in [2.45, 2.75) is 13.0 Å². The number of hydrogen-bond donors (Lipinski definition) is 1. The minimum Gasteiger partial charge on any atom is -0.371 e. The Morgan fingerprint density at radius 3 is 1.96 bits per heavy atom. The molecule has 0 spiro atoms. The smallest absolute Gasteiger partial charge is 0.189 e. The molecule has 2 nitrogen and oxygen atoms in total. The first-order chi connectivity index (χ1) is 11.2. The monoisotopic (exact) mass is 301 g/mol. The molecule has 0 heterocycles. The molecule has 0 fully saturated rings. The lowest BCUT2D eigenvalue weighted by Crippen LogP contribution is -2.21. The number of Topliss-reactive ketones (excluding diaryl/α,β-unsaturated/α-hetero) is 1. The van der Waals surface area contributed by atoms with E-state index < -0.39 is 6.04 Å². The minimum absolute atomic E-state index is 0.0670. The molecular formula is C21H19NO. The van der Waals surface area contributed by atoms with Gasteiger partial charge in [0, 0.05) is 11.3 Å². The predicted molar refractivity (Wildman–Crippen MR) is 94.8 cm³/mol. The number of ketones is 1. The second-order valence-electron chi connectivity index (χ2n) is 5.58. The van der Waals surface area contributed by atoms with Crippen LogP contribution in [0.2, 0.25) is 0 Å². The first-order valence-electron chi connectivity index (χ1n) is 7.71. The highest BCUT2D eigenvalue weighted by molar-refractivity contribution is 6.02. The molecule has 114 valence electrons. The highest BCUT2D eigenvalue weighted by Gasteiger charge is 2.21. The Balaban J connectivity index is 1.94. The van der Waals surface area contributed by atoms with Gasteiger partial charge in [-0.1, -0.05) is 78.4 Å². The predicted octanol–water partition coefficient (Wildman–Crippen LogP) is 5.03. The molecule has 0 saturated heterocycles. The lowest BCUT2D eigenvalue weighted by Gasteiger charge is -2.19. The Bertz CT molecular complexity index is 764. The van der Waals surface area contributed by atoms with E-state index in [2.05, 4.69) is 5.32 Å². The zero-order valence-electron chi connectivity index (χ0n) is 13.1. The van der Waals surface area contributed by atoms with E-state index in [1.165, 1.54) is 5.56 Å². The van der Waals surface area contributed by atoms with Crippen molar-refractivity contribution >= 4 is 11.5 Å². The van der Waals surface area contributed by atoms with Gasteiger partial charge in [-0.25, -0.2) is 0 Å². The van der Waals surface area contributed by atoms with Crippen molar-refractivity contribution in [2.24, 2.45) is 0 Å². The van der Waals surface area contributed by atoms with Crippen molar-refractivity contribution < 1.29 is 4.79 Å². The number of carbonyl (C=O) groups is 1. The molecular weight excluding hydrogens is 282 g/mol. The number of benzene rings is 3. The van der Waals surface area contributed by atoms with Crippen molar-refractivity contribution in [3.8, 4) is 0 Å². The van der Waals surface area contributed by atoms with Gasteiger partial charge in [-0.3, -0.25) is 4.79 Å². The van der Waals surface area contributed by atoms with Crippen LogP contribution in [0.5, 0.6) is 0 Å². The number of aryl methyl sites for hydroxylation is 1. The van der Waals surface area contributed by atoms with Crippen LogP contribution in [0.1, 0.15) is 27.5 Å². The maximum Gasteiger partial charge on any atom is 0.189 e. The quantitative estimate of drug-likeness (QED) is 0.670. The van der Waals surface area contributed by atoms with Gasteiger partial charge in [-0.15, -0.1) is 0 Å². The van der Waals surface area contributed by atoms with E-state index in [4.69, 9.17) is 0 Å². The third-order valence-corrected chi connectivity index (χ3v) is 3.82. The number of hydrogen-bond acceptors (Lipinski definition) is 2. The van der Waals surface area contributed by atoms with Crippen molar-refractivity contribution in [3.63, 3.8) is 0 Å². The first kappa shape index (κ1) is 15.0. The van der Waals surface area contributed by atoms with Gasteiger partial charge in [-0.2, -0.15) is 0 Å². The van der Waals surface area contributed by atoms with Crippen LogP contribution in [0.4, 0.5) is 5.69 Å². The van der Waals surface area contributed by atoms with Crippen LogP contribution in [0, 0.1) is 6.92 Å². The zero-order valence-corrected chi connectivity index (χ0v) is 13.1. The summed E-state index contributed by atoms with van der Waals surface area (Å²) in [6, 6.07) is 26.9. The first-order valence-corrected chi connectivity index (χ1v) is 7.71. The summed E-state index contributed by atoms with van der Waals surface area (Å²) in [4.78, 5) is 13.0. The third-order valence-electron chi connectivity index (χ3n) is 3.82. The molecule has 1 N–H and O–H groups in total. The lowest BCUT2D eigenvalue weighted by atomic mass is 9.97. The van der Waals surface area contributed by atoms with E-state index in [9.17, 15) is 4.79 Å². The van der Waals surface area contributed by atoms with E-state index in [-0.39, 0.29) is 5.78 Å². The van der Waals surface area contributed by atoms with E-state index in [0.717, 1.165) is 11.3 Å². The van der Waals surface area contributed by atoms with Crippen molar-refractivity contribution in [1.82, 2.24) is 0 Å². The fourth-order valence-electron chi connectivity index (χ4n) is 2.53. The Morgan fingerprint density at radius 1 is 0.783 bits per heavy atom. The molecule has 3 rings (SSSR count). The molecule has 0 radical (unpaired) electrons. The summed E-state index contributed by atoms with van der Waals surface area (Å²) in [6.07, 6.45) is 0. The number of nitrogens with one attached hydrogen (secondary N) is 1. The van der Waals surface area contributed by atoms with Crippen LogP contribution in [0.15, 0.2) is 84.9 Å². The normalized spacial score (nSPS) is 11.7. The van der Waals surface area contributed by atoms with Gasteiger partial charge < -0.3 is 5.32 Å². The van der Waals surface area contributed by atoms with Crippen molar-refractivity contribution in [1.29, 1.82) is 0 Å². The standard InChI is InChI=1S/C21H19NO/c1-16-12-14-19(15-13-16)22-20(17-8-4-2-5-9-17)21(23)18-10-6-3-7-11-18/h2-15,20,22H,1H3/t20-/m0/s1. The fraction of sp³-hybridized carbons (Fsp3) is 0.0952. The summed E-state index contributed by atoms with van der Waals surface area (Å²) in [7, 11) is 0. The highest BCUT2D eigenvalue weighted by atomic mass is 16.1. The topological polar surface area (TPSA) is 29.1 Å². The summed E-state index contributed by atoms with van der Waals surface area (Å²) < 4.78 is 0. The summed E-state index contributed by atoms with van der Waals surface area (Å²) >= 11 is 0. The van der Waals surface area contributed by atoms with Crippen molar-refractivity contribution in [3.05, 3.63) is 102 Å². The molecule has 0 aliphatic rings. The van der Waals surface area contributed by atoms with Crippen LogP contribution < -0.4 is 5.32 Å². The van der Waals surface area contributed by atoms with E-state index >= 15 is 0 Å². The lowest BCUT2D eigenvalue weighted by molar-refractivity contribution is 0.0969. The second-order valence-corrected chi connectivity index (χ2v) is 5.58. The number of anilines is 1. The third kappa shape index (κ3) is 3.67. The SMILES string of the molecule is Cc1ccc(N[C@H](C(=O)c2ccccc2)c2ccccc2)cc1. The molecule has 1 atom stereocenters. The average molecular weight is 301 g/mol. The molecule has 23 heavy (non-hydrogen) atoms. The molecule has 3 aromatic rings. The largest absolute Gasteiger partial charge is 0.371 e. The summed E-state index contributed by atoms with van der Waals surface area (Å²) in [5.41, 5.74) is 3.80. The van der Waals surface area contributed by atoms with Crippen molar-refractivity contribution in [2.75, 3.05) is 5.32 Å². The molecule has 0 aromatic heterocycles. The van der Waals surface area contributed by atoms with Gasteiger partial charge in [0.15, 0.2) is 5.78 Å². The summed E-state index contributed by atoms with van der Waals surface area (Å²) in [5, 5.41) is 3.37. The van der Waals surface area contributed by atoms with Gasteiger partial charge in [0.05, 0.1) is 0 Å². The van der Waals surface area contributed by atoms with E-state index in [0.29, 0.717) is 5.56 Å². The summed E-state index contributed by atoms with van der Waals surface area (Å²) in [6.45, 7) is 2.05. The number of carbonyl (C=O) groups excluding carboxylic acids is 1. The maximum absolute atomic E-state index is 13.0. The fourth-order valence-corrected chi connectivity index (χ4v) is 2.53. The van der Waals surface area contributed by atoms with Gasteiger partial charge >= 0.3 is 0 Å². The van der Waals surface area contributed by atoms with Crippen LogP contribution in [0.25, 0.3) is 0 Å². The van der Waals surface area contributed by atoms with Gasteiger partial charge in [-0.05, 0) is 24.6 Å². The Morgan fingerprint density at radius 2 is 1.35 bits per heavy atom. The van der Waals surface area contributed by atoms with Gasteiger partial charge in [0.1, 0.15) is 6.04 Å². The van der Waals surface area contributed by atoms with E-state index in [1.54, 1.807) is 0 Å². The maximum atomic E-state index is 13.0. The zero-order chi connectivity index (χ0) is 16.1. The minimum atomic E-state index is -0.402. The summed E-state index contributed by atoms with van der Waals surface area (Å²) in [5.74, 6) is 0.0670. The second kappa shape index (κ2) is 6.93. The van der Waals surface area contributed by atoms with E-state index in [1.807, 2.05) is 91.9 Å². The van der Waals surface area contributed by atoms with Crippen LogP contribution in [0.3, 0.4) is 0 Å². The Labute approximate surface area is 136 Å². The Kier molecular flexibility index (Phi) is 4.53. The van der Waals surface area contributed by atoms with Gasteiger partial charge in [0.2, 0.25) is 0 Å². The molecule has 0 saturated carbocycles. The molecule has 0 bridgehead atoms. The van der Waals surface area contributed by atoms with Crippen LogP contribution in [-0.2, 0) is 0 Å². The highest BCUT2D eigenvalue weighted by Crippen LogP contribution is 2.24. The van der Waals surface area contributed by atoms with Gasteiger partial charge in [0.25, 0.3) is 0 Å². The Hall–Kier alpha value is -2.87. The average Bonchev–Trinajstić information content (AvgIpc) is 2.62. The molecule has 0 aliphatic heterocycles. The van der Waals surface area contributed by atoms with Crippen LogP contribution in [-0.4, -0.2) is 5.78 Å². The molecule has 3 aromatic carbocycles. The molecule has 0 aliphatic carbocycles. The number of rotatable bonds is 5.